The fourth-order valence-electron chi connectivity index (χ4n) is 4.24. The van der Waals surface area contributed by atoms with Crippen LogP contribution in [0.15, 0.2) is 18.2 Å². The molecule has 1 aromatic carbocycles. The number of hydrogen-bond acceptors (Lipinski definition) is 6. The van der Waals surface area contributed by atoms with Crippen LogP contribution in [-0.2, 0) is 16.1 Å². The normalized spacial score (nSPS) is 25.1. The van der Waals surface area contributed by atoms with Crippen LogP contribution in [0, 0.1) is 5.92 Å². The lowest BCUT2D eigenvalue weighted by Crippen LogP contribution is -2.54. The number of benzene rings is 1. The number of piperidine rings is 2. The van der Waals surface area contributed by atoms with Gasteiger partial charge in [0, 0.05) is 13.0 Å². The molecule has 3 N–H and O–H groups in total. The molecule has 148 valence electrons. The Morgan fingerprint density at radius 2 is 1.96 bits per heavy atom. The Hall–Kier alpha value is -2.58. The summed E-state index contributed by atoms with van der Waals surface area (Å²) in [6, 6.07) is 4.29. The number of carbonyl (C=O) groups excluding carboxylic acids is 4. The molecular formula is C20H24N4O4. The Labute approximate surface area is 163 Å². The molecule has 0 aromatic heterocycles. The first kappa shape index (κ1) is 18.8. The molecule has 4 rings (SSSR count). The van der Waals surface area contributed by atoms with E-state index in [1.807, 2.05) is 6.07 Å². The van der Waals surface area contributed by atoms with Gasteiger partial charge in [0.25, 0.3) is 11.8 Å². The van der Waals surface area contributed by atoms with Crippen LogP contribution in [0.1, 0.15) is 52.0 Å². The standard InChI is InChI=1S/C20H24N4O4/c25-16-7-6-15(18(26)23-16)24-19(27)14-5-1-4-13(17(14)20(24)28)11-22-10-12-3-2-8-21-9-12/h1,4-5,12,15,21-22H,2-3,6-11H2,(H,23,25,26)/t12-,15?/m0/s1. The highest BCUT2D eigenvalue weighted by Crippen LogP contribution is 2.29. The minimum absolute atomic E-state index is 0.119. The number of hydrogen-bond donors (Lipinski definition) is 3. The predicted octanol–water partition coefficient (Wildman–Crippen LogP) is 0.177. The van der Waals surface area contributed by atoms with Gasteiger partial charge in [-0.3, -0.25) is 29.4 Å². The van der Waals surface area contributed by atoms with Gasteiger partial charge in [0.15, 0.2) is 0 Å². The minimum atomic E-state index is -0.931. The molecule has 8 nitrogen and oxygen atoms in total. The Bertz CT molecular complexity index is 831. The van der Waals surface area contributed by atoms with E-state index in [-0.39, 0.29) is 18.7 Å². The maximum atomic E-state index is 13.0. The van der Waals surface area contributed by atoms with E-state index in [1.165, 1.54) is 12.8 Å². The Balaban J connectivity index is 1.49. The molecule has 8 heteroatoms. The molecule has 1 aromatic rings. The van der Waals surface area contributed by atoms with Gasteiger partial charge < -0.3 is 10.6 Å². The number of imide groups is 2. The first-order valence-corrected chi connectivity index (χ1v) is 9.81. The zero-order valence-electron chi connectivity index (χ0n) is 15.6. The van der Waals surface area contributed by atoms with Gasteiger partial charge in [-0.25, -0.2) is 0 Å². The molecule has 1 unspecified atom stereocenters. The predicted molar refractivity (Wildman–Crippen MR) is 100 cm³/mol. The Morgan fingerprint density at radius 1 is 1.11 bits per heavy atom. The average molecular weight is 384 g/mol. The van der Waals surface area contributed by atoms with Gasteiger partial charge in [0.2, 0.25) is 11.8 Å². The van der Waals surface area contributed by atoms with Gasteiger partial charge in [-0.15, -0.1) is 0 Å². The van der Waals surface area contributed by atoms with Crippen molar-refractivity contribution >= 4 is 23.6 Å². The summed E-state index contributed by atoms with van der Waals surface area (Å²) in [5.41, 5.74) is 1.45. The first-order chi connectivity index (χ1) is 13.6. The van der Waals surface area contributed by atoms with E-state index in [1.54, 1.807) is 12.1 Å². The summed E-state index contributed by atoms with van der Waals surface area (Å²) in [7, 11) is 0. The number of amides is 4. The second kappa shape index (κ2) is 7.81. The summed E-state index contributed by atoms with van der Waals surface area (Å²) >= 11 is 0. The molecule has 3 aliphatic rings. The van der Waals surface area contributed by atoms with Gasteiger partial charge in [-0.1, -0.05) is 12.1 Å². The van der Waals surface area contributed by atoms with Crippen molar-refractivity contribution in [3.05, 3.63) is 34.9 Å². The van der Waals surface area contributed by atoms with E-state index in [0.29, 0.717) is 23.6 Å². The number of rotatable bonds is 5. The van der Waals surface area contributed by atoms with E-state index in [0.717, 1.165) is 30.1 Å². The van der Waals surface area contributed by atoms with E-state index < -0.39 is 23.8 Å². The Kier molecular flexibility index (Phi) is 5.23. The molecule has 0 radical (unpaired) electrons. The van der Waals surface area contributed by atoms with Gasteiger partial charge >= 0.3 is 0 Å². The van der Waals surface area contributed by atoms with E-state index in [4.69, 9.17) is 0 Å². The van der Waals surface area contributed by atoms with Gasteiger partial charge in [-0.2, -0.15) is 0 Å². The van der Waals surface area contributed by atoms with Crippen molar-refractivity contribution in [2.45, 2.75) is 38.3 Å². The third-order valence-electron chi connectivity index (χ3n) is 5.70. The molecule has 4 amide bonds. The molecule has 2 atom stereocenters. The summed E-state index contributed by atoms with van der Waals surface area (Å²) in [5, 5.41) is 9.00. The molecule has 28 heavy (non-hydrogen) atoms. The van der Waals surface area contributed by atoms with E-state index >= 15 is 0 Å². The largest absolute Gasteiger partial charge is 0.316 e. The van der Waals surface area contributed by atoms with Crippen molar-refractivity contribution in [2.24, 2.45) is 5.92 Å². The summed E-state index contributed by atoms with van der Waals surface area (Å²) in [6.45, 7) is 3.38. The lowest BCUT2D eigenvalue weighted by molar-refractivity contribution is -0.136. The second-order valence-corrected chi connectivity index (χ2v) is 7.63. The number of carbonyl (C=O) groups is 4. The highest BCUT2D eigenvalue weighted by molar-refractivity contribution is 6.24. The maximum Gasteiger partial charge on any atom is 0.262 e. The molecular weight excluding hydrogens is 360 g/mol. The van der Waals surface area contributed by atoms with Crippen molar-refractivity contribution in [1.29, 1.82) is 0 Å². The molecule has 0 bridgehead atoms. The molecule has 2 fully saturated rings. The van der Waals surface area contributed by atoms with E-state index in [2.05, 4.69) is 16.0 Å². The topological polar surface area (TPSA) is 108 Å². The van der Waals surface area contributed by atoms with Crippen LogP contribution in [0.25, 0.3) is 0 Å². The SMILES string of the molecule is O=C1CCC(N2C(=O)c3cccc(CNC[C@H]4CCCNC4)c3C2=O)C(=O)N1. The molecule has 3 heterocycles. The highest BCUT2D eigenvalue weighted by atomic mass is 16.2. The van der Waals surface area contributed by atoms with Crippen molar-refractivity contribution in [1.82, 2.24) is 20.9 Å². The third-order valence-corrected chi connectivity index (χ3v) is 5.70. The number of nitrogens with zero attached hydrogens (tertiary/aromatic N) is 1. The highest BCUT2D eigenvalue weighted by Gasteiger charge is 2.45. The fraction of sp³-hybridized carbons (Fsp3) is 0.500. The minimum Gasteiger partial charge on any atom is -0.316 e. The van der Waals surface area contributed by atoms with Gasteiger partial charge in [0.1, 0.15) is 6.04 Å². The summed E-state index contributed by atoms with van der Waals surface area (Å²) < 4.78 is 0. The number of fused-ring (bicyclic) bond motifs is 1. The van der Waals surface area contributed by atoms with Crippen LogP contribution in [0.2, 0.25) is 0 Å². The third kappa shape index (κ3) is 3.45. The molecule has 0 saturated carbocycles. The van der Waals surface area contributed by atoms with Crippen molar-refractivity contribution in [3.63, 3.8) is 0 Å². The quantitative estimate of drug-likeness (QED) is 0.625. The zero-order chi connectivity index (χ0) is 19.7. The maximum absolute atomic E-state index is 13.0. The van der Waals surface area contributed by atoms with Crippen molar-refractivity contribution in [2.75, 3.05) is 19.6 Å². The lowest BCUT2D eigenvalue weighted by atomic mass is 9.99. The number of nitrogens with one attached hydrogen (secondary N) is 3. The summed E-state index contributed by atoms with van der Waals surface area (Å²) in [5.74, 6) is -1.32. The van der Waals surface area contributed by atoms with Crippen LogP contribution < -0.4 is 16.0 Å². The Morgan fingerprint density at radius 3 is 2.71 bits per heavy atom. The van der Waals surface area contributed by atoms with Gasteiger partial charge in [0.05, 0.1) is 11.1 Å². The van der Waals surface area contributed by atoms with E-state index in [9.17, 15) is 19.2 Å². The van der Waals surface area contributed by atoms with Crippen molar-refractivity contribution < 1.29 is 19.2 Å². The van der Waals surface area contributed by atoms with Crippen LogP contribution in [0.3, 0.4) is 0 Å². The summed E-state index contributed by atoms with van der Waals surface area (Å²) in [4.78, 5) is 50.4. The molecule has 0 aliphatic carbocycles. The average Bonchev–Trinajstić information content (AvgIpc) is 2.94. The second-order valence-electron chi connectivity index (χ2n) is 7.63. The van der Waals surface area contributed by atoms with Crippen LogP contribution in [-0.4, -0.2) is 54.2 Å². The van der Waals surface area contributed by atoms with Crippen molar-refractivity contribution in [3.8, 4) is 0 Å². The van der Waals surface area contributed by atoms with Crippen LogP contribution >= 0.6 is 0 Å². The zero-order valence-corrected chi connectivity index (χ0v) is 15.6. The molecule has 3 aliphatic heterocycles. The summed E-state index contributed by atoms with van der Waals surface area (Å²) in [6.07, 6.45) is 2.63. The monoisotopic (exact) mass is 384 g/mol. The fourth-order valence-corrected chi connectivity index (χ4v) is 4.24. The lowest BCUT2D eigenvalue weighted by Gasteiger charge is -2.27. The first-order valence-electron chi connectivity index (χ1n) is 9.81. The molecule has 0 spiro atoms. The van der Waals surface area contributed by atoms with Gasteiger partial charge in [-0.05, 0) is 56.4 Å². The van der Waals surface area contributed by atoms with Crippen LogP contribution in [0.5, 0.6) is 0 Å². The smallest absolute Gasteiger partial charge is 0.262 e. The molecule has 2 saturated heterocycles. The van der Waals surface area contributed by atoms with Crippen LogP contribution in [0.4, 0.5) is 0 Å².